The number of benzene rings is 7. The first kappa shape index (κ1) is 28.2. The highest BCUT2D eigenvalue weighted by atomic mass is 32.1. The van der Waals surface area contributed by atoms with Crippen LogP contribution in [-0.4, -0.2) is 0 Å². The average Bonchev–Trinajstić information content (AvgIpc) is 3.74. The molecule has 11 rings (SSSR count). The molecule has 0 atom stereocenters. The van der Waals surface area contributed by atoms with E-state index in [9.17, 15) is 0 Å². The molecule has 0 amide bonds. The molecule has 0 N–H and O–H groups in total. The lowest BCUT2D eigenvalue weighted by molar-refractivity contribution is 0.669. The van der Waals surface area contributed by atoms with Crippen molar-refractivity contribution in [2.75, 3.05) is 0 Å². The van der Waals surface area contributed by atoms with Crippen molar-refractivity contribution in [3.05, 3.63) is 149 Å². The number of furan rings is 1. The highest BCUT2D eigenvalue weighted by molar-refractivity contribution is 7.26. The molecule has 0 saturated heterocycles. The van der Waals surface area contributed by atoms with Gasteiger partial charge in [-0.3, -0.25) is 0 Å². The summed E-state index contributed by atoms with van der Waals surface area (Å²) in [7, 11) is 0. The maximum Gasteiger partial charge on any atom is 0.136 e. The van der Waals surface area contributed by atoms with Crippen LogP contribution in [0.25, 0.3) is 104 Å². The van der Waals surface area contributed by atoms with Crippen molar-refractivity contribution >= 4 is 92.7 Å². The Morgan fingerprint density at radius 2 is 1.18 bits per heavy atom. The summed E-state index contributed by atoms with van der Waals surface area (Å²) >= 11 is 1.89. The number of fused-ring (bicyclic) bond motifs is 10. The van der Waals surface area contributed by atoms with Gasteiger partial charge in [-0.1, -0.05) is 115 Å². The van der Waals surface area contributed by atoms with Crippen molar-refractivity contribution in [1.82, 2.24) is 0 Å². The number of rotatable bonds is 3. The van der Waals surface area contributed by atoms with Crippen LogP contribution in [0.2, 0.25) is 0 Å². The van der Waals surface area contributed by atoms with Crippen LogP contribution in [0.1, 0.15) is 31.2 Å². The van der Waals surface area contributed by atoms with Crippen LogP contribution in [0.4, 0.5) is 0 Å². The minimum atomic E-state index is 0.935. The first-order valence-corrected chi connectivity index (χ1v) is 18.5. The topological polar surface area (TPSA) is 13.1 Å². The first-order valence-electron chi connectivity index (χ1n) is 17.7. The molecule has 0 saturated carbocycles. The molecule has 9 aromatic rings. The zero-order valence-corrected chi connectivity index (χ0v) is 28.3. The summed E-state index contributed by atoms with van der Waals surface area (Å²) in [5.41, 5.74) is 9.87. The van der Waals surface area contributed by atoms with Gasteiger partial charge in [-0.15, -0.1) is 11.3 Å². The van der Waals surface area contributed by atoms with Crippen molar-refractivity contribution in [1.29, 1.82) is 0 Å². The van der Waals surface area contributed by atoms with E-state index in [4.69, 9.17) is 4.42 Å². The highest BCUT2D eigenvalue weighted by Crippen LogP contribution is 2.46. The lowest BCUT2D eigenvalue weighted by Gasteiger charge is -2.19. The Morgan fingerprint density at radius 1 is 0.500 bits per heavy atom. The predicted molar refractivity (Wildman–Crippen MR) is 216 cm³/mol. The van der Waals surface area contributed by atoms with Crippen LogP contribution < -0.4 is 10.4 Å². The molecule has 0 bridgehead atoms. The van der Waals surface area contributed by atoms with Crippen molar-refractivity contribution in [3.8, 4) is 22.3 Å². The van der Waals surface area contributed by atoms with Gasteiger partial charge in [0, 0.05) is 36.3 Å². The zero-order chi connectivity index (χ0) is 32.8. The molecule has 0 unspecified atom stereocenters. The molecule has 2 aliphatic rings. The van der Waals surface area contributed by atoms with E-state index in [1.807, 2.05) is 11.3 Å². The van der Waals surface area contributed by atoms with E-state index in [1.165, 1.54) is 90.9 Å². The van der Waals surface area contributed by atoms with Gasteiger partial charge >= 0.3 is 0 Å². The van der Waals surface area contributed by atoms with Gasteiger partial charge in [0.05, 0.1) is 0 Å². The summed E-state index contributed by atoms with van der Waals surface area (Å²) in [6.45, 7) is 0. The molecule has 2 aromatic heterocycles. The third-order valence-corrected chi connectivity index (χ3v) is 12.2. The Kier molecular flexibility index (Phi) is 6.14. The van der Waals surface area contributed by atoms with Crippen LogP contribution in [0.3, 0.4) is 0 Å². The Balaban J connectivity index is 1.27. The normalized spacial score (nSPS) is 14.4. The molecule has 1 nitrogen and oxygen atoms in total. The monoisotopic (exact) mass is 656 g/mol. The maximum atomic E-state index is 6.49. The van der Waals surface area contributed by atoms with Gasteiger partial charge < -0.3 is 4.42 Å². The Bertz CT molecular complexity index is 3070. The number of allylic oxidation sites excluding steroid dienone is 4. The van der Waals surface area contributed by atoms with E-state index in [0.29, 0.717) is 0 Å². The van der Waals surface area contributed by atoms with E-state index in [0.717, 1.165) is 42.2 Å². The maximum absolute atomic E-state index is 6.49. The number of hydrogen-bond donors (Lipinski definition) is 0. The molecular weight excluding hydrogens is 625 g/mol. The number of hydrogen-bond acceptors (Lipinski definition) is 2. The van der Waals surface area contributed by atoms with Gasteiger partial charge in [0.1, 0.15) is 11.2 Å². The third-order valence-electron chi connectivity index (χ3n) is 11.0. The van der Waals surface area contributed by atoms with Crippen molar-refractivity contribution in [2.45, 2.75) is 25.7 Å². The first-order chi connectivity index (χ1) is 24.8. The molecule has 0 fully saturated rings. The lowest BCUT2D eigenvalue weighted by Crippen LogP contribution is -2.31. The van der Waals surface area contributed by atoms with Gasteiger partial charge in [0.2, 0.25) is 0 Å². The summed E-state index contributed by atoms with van der Waals surface area (Å²) in [6.07, 6.45) is 16.0. The Morgan fingerprint density at radius 3 is 1.98 bits per heavy atom. The van der Waals surface area contributed by atoms with E-state index in [-0.39, 0.29) is 0 Å². The smallest absolute Gasteiger partial charge is 0.136 e. The largest absolute Gasteiger partial charge is 0.456 e. The zero-order valence-electron chi connectivity index (χ0n) is 27.5. The molecule has 2 heteroatoms. The van der Waals surface area contributed by atoms with E-state index in [1.54, 1.807) is 0 Å². The number of thiophene rings is 1. The van der Waals surface area contributed by atoms with Crippen molar-refractivity contribution < 1.29 is 4.42 Å². The van der Waals surface area contributed by atoms with Gasteiger partial charge in [-0.05, 0) is 116 Å². The van der Waals surface area contributed by atoms with E-state index in [2.05, 4.69) is 146 Å². The minimum absolute atomic E-state index is 0.935. The third kappa shape index (κ3) is 4.12. The summed E-state index contributed by atoms with van der Waals surface area (Å²) in [5, 5.41) is 12.8. The second-order valence-corrected chi connectivity index (χ2v) is 14.8. The lowest BCUT2D eigenvalue weighted by atomic mass is 9.84. The molecule has 236 valence electrons. The SMILES string of the molecule is C1=CCCC(c2ccc(-c3c4c(c(-c5cc6c7ccccc7sc6c6cc7oc8ccccc8c7cc56)c5ccccc35)=CCCC=4)cc2)=C1. The fourth-order valence-electron chi connectivity index (χ4n) is 8.67. The van der Waals surface area contributed by atoms with Crippen LogP contribution >= 0.6 is 11.3 Å². The van der Waals surface area contributed by atoms with Gasteiger partial charge in [0.25, 0.3) is 0 Å². The highest BCUT2D eigenvalue weighted by Gasteiger charge is 2.21. The second-order valence-electron chi connectivity index (χ2n) is 13.7. The van der Waals surface area contributed by atoms with Crippen LogP contribution in [0.15, 0.2) is 138 Å². The number of para-hydroxylation sites is 1. The Hall–Kier alpha value is -5.70. The molecule has 0 radical (unpaired) electrons. The molecule has 2 aliphatic carbocycles. The summed E-state index contributed by atoms with van der Waals surface area (Å²) in [4.78, 5) is 0. The molecule has 2 heterocycles. The molecule has 0 spiro atoms. The summed E-state index contributed by atoms with van der Waals surface area (Å²) in [5.74, 6) is 0. The van der Waals surface area contributed by atoms with Gasteiger partial charge in [0.15, 0.2) is 0 Å². The van der Waals surface area contributed by atoms with Crippen molar-refractivity contribution in [3.63, 3.8) is 0 Å². The van der Waals surface area contributed by atoms with Crippen molar-refractivity contribution in [2.24, 2.45) is 0 Å². The average molecular weight is 657 g/mol. The molecule has 50 heavy (non-hydrogen) atoms. The predicted octanol–water partition coefficient (Wildman–Crippen LogP) is 12.7. The van der Waals surface area contributed by atoms with E-state index >= 15 is 0 Å². The van der Waals surface area contributed by atoms with Crippen LogP contribution in [0.5, 0.6) is 0 Å². The van der Waals surface area contributed by atoms with Crippen LogP contribution in [-0.2, 0) is 0 Å². The molecule has 0 aliphatic heterocycles. The summed E-state index contributed by atoms with van der Waals surface area (Å²) in [6, 6.07) is 43.0. The molecule has 7 aromatic carbocycles. The fourth-order valence-corrected chi connectivity index (χ4v) is 9.89. The second kappa shape index (κ2) is 10.9. The minimum Gasteiger partial charge on any atom is -0.456 e. The molecular formula is C48H32OS. The van der Waals surface area contributed by atoms with Gasteiger partial charge in [-0.25, -0.2) is 0 Å². The summed E-state index contributed by atoms with van der Waals surface area (Å²) < 4.78 is 9.12. The van der Waals surface area contributed by atoms with E-state index < -0.39 is 0 Å². The van der Waals surface area contributed by atoms with Crippen LogP contribution in [0, 0.1) is 0 Å². The quantitative estimate of drug-likeness (QED) is 0.184. The standard InChI is InChI=1S/C48H32OS/c1-2-12-29(13-3-1)30-22-24-31(25-23-30)46-34-16-4-6-18-36(34)47(37-19-7-5-17-35(37)46)40-27-41-33-15-9-11-21-45(33)50-48(41)42-28-44-39(26-38(40)42)32-14-8-10-20-43(32)49-44/h1-2,4,6,8-12,14-28H,3,5,7,13H2. The Labute approximate surface area is 293 Å². The fraction of sp³-hybridized carbons (Fsp3) is 0.0833. The van der Waals surface area contributed by atoms with Gasteiger partial charge in [-0.2, -0.15) is 0 Å².